The van der Waals surface area contributed by atoms with Gasteiger partial charge in [-0.25, -0.2) is 19.3 Å². The van der Waals surface area contributed by atoms with Crippen LogP contribution in [0.1, 0.15) is 51.9 Å². The smallest absolute Gasteiger partial charge is 0.425 e. The van der Waals surface area contributed by atoms with Crippen molar-refractivity contribution in [3.05, 3.63) is 90.8 Å². The van der Waals surface area contributed by atoms with Crippen LogP contribution in [0.4, 0.5) is 5.82 Å². The largest absolute Gasteiger partial charge is 0.459 e. The number of hydrogen-bond donors (Lipinski definition) is 2. The molecule has 0 spiro atoms. The number of carbonyl (C=O) groups excluding carboxylic acids is 1. The Labute approximate surface area is 268 Å². The second kappa shape index (κ2) is 15.3. The van der Waals surface area contributed by atoms with Crippen molar-refractivity contribution in [1.82, 2.24) is 19.6 Å². The Morgan fingerprint density at radius 1 is 0.935 bits per heavy atom. The SMILES string of the molecule is CCC[C@H](CCOP(=O)(N[C@@H](C)C(=O)Oc1ccccc1)Oc1ccccc1)n1c(COCC)nc2c(N)nc3ccccc3c21. The second-order valence-corrected chi connectivity index (χ2v) is 12.5. The van der Waals surface area contributed by atoms with Crippen LogP contribution in [0.2, 0.25) is 0 Å². The van der Waals surface area contributed by atoms with Crippen LogP contribution >= 0.6 is 7.75 Å². The molecule has 0 amide bonds. The zero-order chi connectivity index (χ0) is 32.5. The van der Waals surface area contributed by atoms with E-state index in [9.17, 15) is 9.36 Å². The van der Waals surface area contributed by atoms with Gasteiger partial charge in [-0.3, -0.25) is 4.52 Å². The van der Waals surface area contributed by atoms with Crippen LogP contribution in [0, 0.1) is 0 Å². The van der Waals surface area contributed by atoms with E-state index in [1.807, 2.05) is 43.3 Å². The molecular formula is C34H40N5O6P. The number of nitrogen functional groups attached to an aromatic ring is 1. The van der Waals surface area contributed by atoms with Crippen molar-refractivity contribution >= 4 is 41.5 Å². The predicted molar refractivity (Wildman–Crippen MR) is 179 cm³/mol. The maximum Gasteiger partial charge on any atom is 0.459 e. The number of fused-ring (bicyclic) bond motifs is 3. The number of hydrogen-bond acceptors (Lipinski definition) is 9. The number of nitrogens with two attached hydrogens (primary N) is 1. The molecule has 0 aliphatic heterocycles. The van der Waals surface area contributed by atoms with Gasteiger partial charge in [-0.15, -0.1) is 0 Å². The summed E-state index contributed by atoms with van der Waals surface area (Å²) < 4.78 is 39.5. The number of rotatable bonds is 16. The number of anilines is 1. The third kappa shape index (κ3) is 7.92. The molecule has 0 bridgehead atoms. The molecular weight excluding hydrogens is 605 g/mol. The molecule has 3 aromatic carbocycles. The molecule has 1 unspecified atom stereocenters. The Balaban J connectivity index is 1.42. The number of nitrogens with one attached hydrogen (secondary N) is 1. The standard InChI is InChI=1S/C34H40N5O6P/c1-4-14-25(39-30(23-42-5-2)37-31-32(39)28-19-12-13-20-29(28)36-33(31)35)21-22-43-46(41,45-27-17-10-7-11-18-27)38-24(3)34(40)44-26-15-8-6-9-16-26/h6-13,15-20,24-25H,4-5,14,21-23H2,1-3H3,(H2,35,36)(H,38,41)/t24-,25+,46?/m0/s1. The minimum absolute atomic E-state index is 0.0501. The van der Waals surface area contributed by atoms with E-state index in [0.29, 0.717) is 35.9 Å². The molecule has 0 saturated carbocycles. The van der Waals surface area contributed by atoms with E-state index in [4.69, 9.17) is 29.2 Å². The Kier molecular flexibility index (Phi) is 11.0. The lowest BCUT2D eigenvalue weighted by molar-refractivity contribution is -0.135. The van der Waals surface area contributed by atoms with Gasteiger partial charge in [-0.1, -0.05) is 67.9 Å². The highest BCUT2D eigenvalue weighted by Crippen LogP contribution is 2.45. The summed E-state index contributed by atoms with van der Waals surface area (Å²) >= 11 is 0. The fraction of sp³-hybridized carbons (Fsp3) is 0.324. The summed E-state index contributed by atoms with van der Waals surface area (Å²) in [7, 11) is -4.06. The van der Waals surface area contributed by atoms with Crippen LogP contribution in [0.15, 0.2) is 84.9 Å². The number of imidazole rings is 1. The van der Waals surface area contributed by atoms with Gasteiger partial charge in [0.15, 0.2) is 5.82 Å². The molecule has 0 aliphatic rings. The molecule has 3 N–H and O–H groups in total. The number of pyridine rings is 1. The fourth-order valence-electron chi connectivity index (χ4n) is 5.30. The first-order valence-corrected chi connectivity index (χ1v) is 17.0. The fourth-order valence-corrected chi connectivity index (χ4v) is 6.80. The summed E-state index contributed by atoms with van der Waals surface area (Å²) in [6.45, 7) is 6.46. The third-order valence-corrected chi connectivity index (χ3v) is 9.07. The van der Waals surface area contributed by atoms with E-state index in [1.165, 1.54) is 0 Å². The minimum atomic E-state index is -4.06. The molecule has 2 heterocycles. The molecule has 11 nitrogen and oxygen atoms in total. The van der Waals surface area contributed by atoms with Crippen LogP contribution < -0.4 is 20.1 Å². The van der Waals surface area contributed by atoms with Crippen molar-refractivity contribution in [2.24, 2.45) is 0 Å². The van der Waals surface area contributed by atoms with Crippen molar-refractivity contribution in [2.45, 2.75) is 58.7 Å². The number of para-hydroxylation sites is 3. The first kappa shape index (κ1) is 33.1. The van der Waals surface area contributed by atoms with Crippen LogP contribution in [-0.4, -0.2) is 39.8 Å². The zero-order valence-electron chi connectivity index (χ0n) is 26.3. The normalized spacial score (nSPS) is 14.2. The summed E-state index contributed by atoms with van der Waals surface area (Å²) in [5, 5.41) is 3.70. The van der Waals surface area contributed by atoms with E-state index in [-0.39, 0.29) is 19.3 Å². The second-order valence-electron chi connectivity index (χ2n) is 10.8. The number of esters is 1. The van der Waals surface area contributed by atoms with Crippen molar-refractivity contribution in [3.8, 4) is 11.5 Å². The Morgan fingerprint density at radius 3 is 2.30 bits per heavy atom. The zero-order valence-corrected chi connectivity index (χ0v) is 27.2. The number of benzene rings is 3. The first-order chi connectivity index (χ1) is 22.3. The highest BCUT2D eigenvalue weighted by molar-refractivity contribution is 7.52. The van der Waals surface area contributed by atoms with Gasteiger partial charge in [0.25, 0.3) is 0 Å². The first-order valence-electron chi connectivity index (χ1n) is 15.5. The summed E-state index contributed by atoms with van der Waals surface area (Å²) in [6, 6.07) is 24.1. The summed E-state index contributed by atoms with van der Waals surface area (Å²) in [5.41, 5.74) is 8.66. The molecule has 242 valence electrons. The molecule has 5 aromatic rings. The van der Waals surface area contributed by atoms with E-state index >= 15 is 0 Å². The third-order valence-electron chi connectivity index (χ3n) is 7.40. The molecule has 0 fully saturated rings. The summed E-state index contributed by atoms with van der Waals surface area (Å²) in [4.78, 5) is 22.4. The quantitative estimate of drug-likeness (QED) is 0.0642. The lowest BCUT2D eigenvalue weighted by atomic mass is 10.1. The van der Waals surface area contributed by atoms with Gasteiger partial charge >= 0.3 is 13.7 Å². The number of carbonyl (C=O) groups is 1. The molecule has 3 atom stereocenters. The minimum Gasteiger partial charge on any atom is -0.425 e. The van der Waals surface area contributed by atoms with Crippen LogP contribution in [-0.2, 0) is 25.2 Å². The monoisotopic (exact) mass is 645 g/mol. The summed E-state index contributed by atoms with van der Waals surface area (Å²) in [6.07, 6.45) is 2.11. The van der Waals surface area contributed by atoms with Gasteiger partial charge in [0.2, 0.25) is 0 Å². The van der Waals surface area contributed by atoms with E-state index in [1.54, 1.807) is 55.5 Å². The van der Waals surface area contributed by atoms with Crippen LogP contribution in [0.25, 0.3) is 21.9 Å². The Morgan fingerprint density at radius 2 is 1.61 bits per heavy atom. The lowest BCUT2D eigenvalue weighted by Gasteiger charge is -2.25. The van der Waals surface area contributed by atoms with Crippen LogP contribution in [0.3, 0.4) is 0 Å². The molecule has 12 heteroatoms. The maximum atomic E-state index is 14.2. The van der Waals surface area contributed by atoms with Crippen LogP contribution in [0.5, 0.6) is 11.5 Å². The highest BCUT2D eigenvalue weighted by Gasteiger charge is 2.33. The number of ether oxygens (including phenoxy) is 2. The molecule has 2 aromatic heterocycles. The van der Waals surface area contributed by atoms with Gasteiger partial charge in [0.05, 0.1) is 17.6 Å². The summed E-state index contributed by atoms with van der Waals surface area (Å²) in [5.74, 6) is 1.15. The van der Waals surface area contributed by atoms with Gasteiger partial charge in [-0.2, -0.15) is 5.09 Å². The predicted octanol–water partition coefficient (Wildman–Crippen LogP) is 7.22. The molecule has 0 radical (unpaired) electrons. The molecule has 0 aliphatic carbocycles. The van der Waals surface area contributed by atoms with Gasteiger partial charge < -0.3 is 24.3 Å². The Hall–Kier alpha value is -4.28. The average Bonchev–Trinajstić information content (AvgIpc) is 3.44. The average molecular weight is 646 g/mol. The van der Waals surface area contributed by atoms with Gasteiger partial charge in [0.1, 0.15) is 35.5 Å². The molecule has 5 rings (SSSR count). The number of aromatic nitrogens is 3. The number of nitrogens with zero attached hydrogens (tertiary/aromatic N) is 3. The highest BCUT2D eigenvalue weighted by atomic mass is 31.2. The van der Waals surface area contributed by atoms with E-state index in [2.05, 4.69) is 21.6 Å². The Bertz CT molecular complexity index is 1800. The topological polar surface area (TPSA) is 140 Å². The van der Waals surface area contributed by atoms with Crippen molar-refractivity contribution in [2.75, 3.05) is 18.9 Å². The maximum absolute atomic E-state index is 14.2. The van der Waals surface area contributed by atoms with Crippen molar-refractivity contribution in [1.29, 1.82) is 0 Å². The van der Waals surface area contributed by atoms with Gasteiger partial charge in [-0.05, 0) is 57.0 Å². The van der Waals surface area contributed by atoms with Crippen molar-refractivity contribution < 1.29 is 27.9 Å². The van der Waals surface area contributed by atoms with E-state index in [0.717, 1.165) is 35.1 Å². The van der Waals surface area contributed by atoms with Crippen molar-refractivity contribution in [3.63, 3.8) is 0 Å². The lowest BCUT2D eigenvalue weighted by Crippen LogP contribution is -2.36. The molecule has 0 saturated heterocycles. The van der Waals surface area contributed by atoms with Gasteiger partial charge in [0, 0.05) is 18.0 Å². The van der Waals surface area contributed by atoms with E-state index < -0.39 is 19.8 Å². The molecule has 46 heavy (non-hydrogen) atoms.